The number of hydrogen-bond acceptors (Lipinski definition) is 2. The van der Waals surface area contributed by atoms with Crippen LogP contribution in [0.25, 0.3) is 0 Å². The Hall–Kier alpha value is -2.21. The zero-order chi connectivity index (χ0) is 33.3. The van der Waals surface area contributed by atoms with Gasteiger partial charge in [0.15, 0.2) is 0 Å². The van der Waals surface area contributed by atoms with Gasteiger partial charge < -0.3 is 10.2 Å². The summed E-state index contributed by atoms with van der Waals surface area (Å²) in [5.41, 5.74) is 7.06. The predicted molar refractivity (Wildman–Crippen MR) is 183 cm³/mol. The predicted octanol–water partition coefficient (Wildman–Crippen LogP) is 9.92. The largest absolute Gasteiger partial charge is 0.872 e. The topological polar surface area (TPSA) is 46.1 Å². The summed E-state index contributed by atoms with van der Waals surface area (Å²) in [6, 6.07) is 18.4. The van der Waals surface area contributed by atoms with Crippen LogP contribution < -0.4 is 10.2 Å². The Bertz CT molecular complexity index is 1080. The molecule has 42 heavy (non-hydrogen) atoms. The van der Waals surface area contributed by atoms with Crippen molar-refractivity contribution in [3.05, 3.63) is 93.5 Å². The van der Waals surface area contributed by atoms with Gasteiger partial charge in [-0.3, -0.25) is 0 Å². The van der Waals surface area contributed by atoms with Gasteiger partial charge in [0.1, 0.15) is 0 Å². The first-order valence-electron chi connectivity index (χ1n) is 15.2. The molecule has 0 heterocycles. The van der Waals surface area contributed by atoms with E-state index < -0.39 is 0 Å². The molecule has 3 rings (SSSR count). The molecular weight excluding hydrogens is 527 g/mol. The van der Waals surface area contributed by atoms with E-state index in [1.165, 1.54) is 22.0 Å². The summed E-state index contributed by atoms with van der Waals surface area (Å²) in [5.74, 6) is 0.427. The molecule has 0 fully saturated rings. The fraction of sp³-hybridized carbons (Fsp3) is 0.538. The van der Waals surface area contributed by atoms with Gasteiger partial charge in [-0.2, -0.15) is 0 Å². The summed E-state index contributed by atoms with van der Waals surface area (Å²) in [7, 11) is 0. The van der Waals surface area contributed by atoms with Crippen LogP contribution in [0.4, 0.5) is 0 Å². The standard InChI is InChI=1S/2C15H24O.C7H8.C2H5.Al/c2*1-10-8-11(14(2,3)4)13(16)12(9-10)15(5,6)7;1-7-5-3-2-4-6-7;1-2;/h2*8-9,16H,1-7H3;2-6H,1H3;1H2,2H3;/q;;;;+2/p-2. The molecule has 3 aromatic carbocycles. The van der Waals surface area contributed by atoms with E-state index in [2.05, 4.69) is 139 Å². The van der Waals surface area contributed by atoms with Gasteiger partial charge in [-0.15, -0.1) is 11.5 Å². The summed E-state index contributed by atoms with van der Waals surface area (Å²) in [5, 5.41) is 26.0. The second-order valence-electron chi connectivity index (χ2n) is 15.4. The average Bonchev–Trinajstić information content (AvgIpc) is 2.81. The van der Waals surface area contributed by atoms with E-state index in [0.717, 1.165) is 22.3 Å². The van der Waals surface area contributed by atoms with Crippen LogP contribution in [-0.4, -0.2) is 16.3 Å². The van der Waals surface area contributed by atoms with E-state index in [0.29, 0.717) is 0 Å². The van der Waals surface area contributed by atoms with Crippen molar-refractivity contribution in [1.82, 2.24) is 0 Å². The van der Waals surface area contributed by atoms with E-state index in [-0.39, 0.29) is 33.2 Å². The van der Waals surface area contributed by atoms with Crippen LogP contribution in [0, 0.1) is 20.8 Å². The van der Waals surface area contributed by atoms with Gasteiger partial charge >= 0.3 is 28.5 Å². The molecule has 0 unspecified atom stereocenters. The molecule has 0 atom stereocenters. The van der Waals surface area contributed by atoms with Gasteiger partial charge in [0.05, 0.1) is 0 Å². The molecule has 0 aromatic heterocycles. The minimum Gasteiger partial charge on any atom is -0.872 e. The zero-order valence-electron chi connectivity index (χ0n) is 29.8. The maximum atomic E-state index is 12.4. The van der Waals surface area contributed by atoms with Crippen LogP contribution in [0.3, 0.4) is 0 Å². The van der Waals surface area contributed by atoms with E-state index in [1.807, 2.05) is 42.5 Å². The summed E-state index contributed by atoms with van der Waals surface area (Å²) in [6.07, 6.45) is 0. The van der Waals surface area contributed by atoms with Crippen molar-refractivity contribution in [3.8, 4) is 11.5 Å². The zero-order valence-corrected chi connectivity index (χ0v) is 31.0. The summed E-state index contributed by atoms with van der Waals surface area (Å²) in [6.45, 7) is 33.4. The monoisotopic (exact) mass is 586 g/mol. The molecule has 0 N–H and O–H groups in total. The third-order valence-corrected chi connectivity index (χ3v) is 6.64. The molecule has 0 saturated heterocycles. The van der Waals surface area contributed by atoms with Crippen molar-refractivity contribution >= 4 is 16.3 Å². The van der Waals surface area contributed by atoms with Gasteiger partial charge in [0.2, 0.25) is 0 Å². The first kappa shape index (κ1) is 39.8. The van der Waals surface area contributed by atoms with E-state index in [1.54, 1.807) is 0 Å². The number of hydrogen-bond donors (Lipinski definition) is 0. The first-order valence-corrected chi connectivity index (χ1v) is 16.1. The number of benzene rings is 3. The maximum Gasteiger partial charge on any atom is -0.0138 e. The fourth-order valence-corrected chi connectivity index (χ4v) is 4.31. The molecule has 230 valence electrons. The molecule has 0 radical (unpaired) electrons. The molecule has 0 bridgehead atoms. The average molecular weight is 587 g/mol. The molecule has 0 aliphatic carbocycles. The van der Waals surface area contributed by atoms with Gasteiger partial charge in [-0.25, -0.2) is 0 Å². The summed E-state index contributed by atoms with van der Waals surface area (Å²) in [4.78, 5) is 0. The molecule has 3 aromatic rings. The molecule has 3 heteroatoms. The molecule has 0 saturated carbocycles. The van der Waals surface area contributed by atoms with Crippen LogP contribution in [0.5, 0.6) is 11.5 Å². The summed E-state index contributed by atoms with van der Waals surface area (Å²) >= 11 is 2.58. The molecule has 0 aliphatic rings. The second-order valence-corrected chi connectivity index (χ2v) is 16.3. The molecular formula is C39H59AlO2. The van der Waals surface area contributed by atoms with Crippen LogP contribution in [0.1, 0.15) is 129 Å². The van der Waals surface area contributed by atoms with Gasteiger partial charge in [0.25, 0.3) is 0 Å². The molecule has 0 aliphatic heterocycles. The van der Waals surface area contributed by atoms with Gasteiger partial charge in [-0.1, -0.05) is 154 Å². The van der Waals surface area contributed by atoms with Gasteiger partial charge in [0, 0.05) is 0 Å². The Labute approximate surface area is 268 Å². The van der Waals surface area contributed by atoms with Crippen molar-refractivity contribution in [2.75, 3.05) is 0 Å². The van der Waals surface area contributed by atoms with Crippen LogP contribution in [0.2, 0.25) is 5.28 Å². The Balaban J connectivity index is 0.000000608. The third-order valence-electron chi connectivity index (χ3n) is 6.64. The van der Waals surface area contributed by atoms with E-state index in [4.69, 9.17) is 0 Å². The smallest absolute Gasteiger partial charge is 0.0138 e. The SMILES string of the molecule is C[CH2][Al+2].Cc1cc(C(C)(C)C)c([O-])c(C(C)(C)C)c1.Cc1cc(C(C)(C)C)c([O-])c(C(C)(C)C)c1.Cc1ccccc1. The normalized spacial score (nSPS) is 11.8. The minimum absolute atomic E-state index is 0.0803. The van der Waals surface area contributed by atoms with Crippen molar-refractivity contribution in [3.63, 3.8) is 0 Å². The quantitative estimate of drug-likeness (QED) is 0.246. The minimum atomic E-state index is -0.0803. The van der Waals surface area contributed by atoms with Crippen LogP contribution >= 0.6 is 0 Å². The van der Waals surface area contributed by atoms with Crippen LogP contribution in [-0.2, 0) is 21.7 Å². The second kappa shape index (κ2) is 16.0. The maximum absolute atomic E-state index is 12.4. The van der Waals surface area contributed by atoms with Crippen molar-refractivity contribution in [2.45, 2.75) is 138 Å². The molecule has 0 spiro atoms. The Morgan fingerprint density at radius 2 is 0.690 bits per heavy atom. The molecule has 0 amide bonds. The molecule has 2 nitrogen and oxygen atoms in total. The Kier molecular flexibility index (Phi) is 15.2. The third kappa shape index (κ3) is 13.4. The van der Waals surface area contributed by atoms with Crippen molar-refractivity contribution in [2.24, 2.45) is 0 Å². The van der Waals surface area contributed by atoms with Gasteiger partial charge in [-0.05, 0) is 64.7 Å². The summed E-state index contributed by atoms with van der Waals surface area (Å²) < 4.78 is 0. The fourth-order valence-electron chi connectivity index (χ4n) is 4.31. The number of aryl methyl sites for hydroxylation is 3. The Morgan fingerprint density at radius 3 is 0.833 bits per heavy atom. The van der Waals surface area contributed by atoms with E-state index in [9.17, 15) is 10.2 Å². The van der Waals surface area contributed by atoms with Crippen molar-refractivity contribution < 1.29 is 10.2 Å². The first-order chi connectivity index (χ1) is 18.9. The van der Waals surface area contributed by atoms with E-state index >= 15 is 0 Å². The van der Waals surface area contributed by atoms with Crippen molar-refractivity contribution in [1.29, 1.82) is 0 Å². The Morgan fingerprint density at radius 1 is 0.476 bits per heavy atom. The number of rotatable bonds is 0. The van der Waals surface area contributed by atoms with Crippen LogP contribution in [0.15, 0.2) is 54.6 Å².